The number of carbonyl (C=O) groups is 3. The van der Waals surface area contributed by atoms with E-state index in [2.05, 4.69) is 20.4 Å². The molecular weight excluding hydrogens is 354 g/mol. The van der Waals surface area contributed by atoms with Crippen LogP contribution in [0.25, 0.3) is 0 Å². The summed E-state index contributed by atoms with van der Waals surface area (Å²) in [5.74, 6) is -0.625. The molecule has 27 heavy (non-hydrogen) atoms. The summed E-state index contributed by atoms with van der Waals surface area (Å²) < 4.78 is 15.4. The molecule has 2 amide bonds. The van der Waals surface area contributed by atoms with Gasteiger partial charge in [-0.15, -0.1) is 0 Å². The SMILES string of the molecule is CCOc1nc(CC(=O)OC)ccc1NC(=O)c1coc2c1C(=O)NCC2. The number of carbonyl (C=O) groups excluding carboxylic acids is 3. The molecule has 3 heterocycles. The molecule has 0 aromatic carbocycles. The Morgan fingerprint density at radius 2 is 2.19 bits per heavy atom. The van der Waals surface area contributed by atoms with Crippen molar-refractivity contribution in [2.45, 2.75) is 19.8 Å². The molecule has 0 spiro atoms. The van der Waals surface area contributed by atoms with Gasteiger partial charge in [-0.3, -0.25) is 14.4 Å². The number of amides is 2. The van der Waals surface area contributed by atoms with E-state index >= 15 is 0 Å². The molecule has 2 aromatic heterocycles. The molecule has 142 valence electrons. The van der Waals surface area contributed by atoms with Gasteiger partial charge < -0.3 is 24.5 Å². The van der Waals surface area contributed by atoms with E-state index in [9.17, 15) is 14.4 Å². The van der Waals surface area contributed by atoms with Crippen molar-refractivity contribution in [3.63, 3.8) is 0 Å². The number of esters is 1. The Labute approximate surface area is 155 Å². The molecule has 0 bridgehead atoms. The lowest BCUT2D eigenvalue weighted by atomic mass is 10.0. The Morgan fingerprint density at radius 1 is 1.37 bits per heavy atom. The second-order valence-corrected chi connectivity index (χ2v) is 5.75. The average Bonchev–Trinajstić information content (AvgIpc) is 3.09. The Balaban J connectivity index is 1.84. The third-order valence-electron chi connectivity index (χ3n) is 3.98. The van der Waals surface area contributed by atoms with E-state index in [0.29, 0.717) is 36.7 Å². The molecular formula is C18H19N3O6. The van der Waals surface area contributed by atoms with Gasteiger partial charge in [0.05, 0.1) is 37.0 Å². The maximum atomic E-state index is 12.6. The monoisotopic (exact) mass is 373 g/mol. The third kappa shape index (κ3) is 3.91. The van der Waals surface area contributed by atoms with Gasteiger partial charge in [0.15, 0.2) is 0 Å². The maximum absolute atomic E-state index is 12.6. The Hall–Kier alpha value is -3.36. The normalized spacial score (nSPS) is 12.7. The number of nitrogens with zero attached hydrogens (tertiary/aromatic N) is 1. The maximum Gasteiger partial charge on any atom is 0.311 e. The van der Waals surface area contributed by atoms with Crippen LogP contribution in [-0.4, -0.2) is 43.0 Å². The van der Waals surface area contributed by atoms with Crippen molar-refractivity contribution >= 4 is 23.5 Å². The Bertz CT molecular complexity index is 889. The number of rotatable bonds is 6. The number of furan rings is 1. The highest BCUT2D eigenvalue weighted by molar-refractivity contribution is 6.13. The fraction of sp³-hybridized carbons (Fsp3) is 0.333. The fourth-order valence-electron chi connectivity index (χ4n) is 2.70. The van der Waals surface area contributed by atoms with Gasteiger partial charge in [-0.2, -0.15) is 0 Å². The van der Waals surface area contributed by atoms with Crippen molar-refractivity contribution in [3.8, 4) is 5.88 Å². The van der Waals surface area contributed by atoms with E-state index < -0.39 is 11.9 Å². The minimum Gasteiger partial charge on any atom is -0.476 e. The van der Waals surface area contributed by atoms with Crippen molar-refractivity contribution < 1.29 is 28.3 Å². The first kappa shape index (κ1) is 18.4. The molecule has 0 aliphatic carbocycles. The molecule has 9 nitrogen and oxygen atoms in total. The van der Waals surface area contributed by atoms with Crippen LogP contribution in [-0.2, 0) is 22.4 Å². The van der Waals surface area contributed by atoms with Crippen LogP contribution in [0.5, 0.6) is 5.88 Å². The van der Waals surface area contributed by atoms with Gasteiger partial charge in [-0.25, -0.2) is 4.98 Å². The number of pyridine rings is 1. The topological polar surface area (TPSA) is 120 Å². The van der Waals surface area contributed by atoms with Crippen molar-refractivity contribution in [2.75, 3.05) is 25.6 Å². The van der Waals surface area contributed by atoms with Crippen LogP contribution in [0.4, 0.5) is 5.69 Å². The lowest BCUT2D eigenvalue weighted by Crippen LogP contribution is -2.32. The summed E-state index contributed by atoms with van der Waals surface area (Å²) >= 11 is 0. The second-order valence-electron chi connectivity index (χ2n) is 5.75. The largest absolute Gasteiger partial charge is 0.476 e. The summed E-state index contributed by atoms with van der Waals surface area (Å²) in [6.45, 7) is 2.57. The lowest BCUT2D eigenvalue weighted by Gasteiger charge is -2.14. The highest BCUT2D eigenvalue weighted by Crippen LogP contribution is 2.26. The molecule has 0 fully saturated rings. The van der Waals surface area contributed by atoms with Crippen LogP contribution >= 0.6 is 0 Å². The van der Waals surface area contributed by atoms with Gasteiger partial charge in [0.25, 0.3) is 11.8 Å². The molecule has 0 saturated heterocycles. The average molecular weight is 373 g/mol. The molecule has 2 N–H and O–H groups in total. The summed E-state index contributed by atoms with van der Waals surface area (Å²) in [6.07, 6.45) is 1.78. The van der Waals surface area contributed by atoms with E-state index in [4.69, 9.17) is 9.15 Å². The quantitative estimate of drug-likeness (QED) is 0.733. The smallest absolute Gasteiger partial charge is 0.311 e. The third-order valence-corrected chi connectivity index (χ3v) is 3.98. The van der Waals surface area contributed by atoms with E-state index in [1.54, 1.807) is 19.1 Å². The predicted molar refractivity (Wildman–Crippen MR) is 93.8 cm³/mol. The van der Waals surface area contributed by atoms with Crippen LogP contribution < -0.4 is 15.4 Å². The number of nitrogens with one attached hydrogen (secondary N) is 2. The summed E-state index contributed by atoms with van der Waals surface area (Å²) in [7, 11) is 1.29. The highest BCUT2D eigenvalue weighted by atomic mass is 16.5. The number of ether oxygens (including phenoxy) is 2. The zero-order chi connectivity index (χ0) is 19.4. The number of anilines is 1. The van der Waals surface area contributed by atoms with Crippen molar-refractivity contribution in [1.29, 1.82) is 0 Å². The lowest BCUT2D eigenvalue weighted by molar-refractivity contribution is -0.139. The van der Waals surface area contributed by atoms with Crippen LogP contribution in [0, 0.1) is 0 Å². The molecule has 0 unspecified atom stereocenters. The summed E-state index contributed by atoms with van der Waals surface area (Å²) in [4.78, 5) is 40.3. The summed E-state index contributed by atoms with van der Waals surface area (Å²) in [6, 6.07) is 3.17. The Kier molecular flexibility index (Phi) is 5.39. The molecule has 2 aromatic rings. The zero-order valence-corrected chi connectivity index (χ0v) is 15.0. The summed E-state index contributed by atoms with van der Waals surface area (Å²) in [5, 5.41) is 5.37. The van der Waals surface area contributed by atoms with Crippen molar-refractivity contribution in [3.05, 3.63) is 41.0 Å². The van der Waals surface area contributed by atoms with Gasteiger partial charge in [0, 0.05) is 13.0 Å². The van der Waals surface area contributed by atoms with E-state index in [1.165, 1.54) is 13.4 Å². The van der Waals surface area contributed by atoms with Crippen LogP contribution in [0.2, 0.25) is 0 Å². The molecule has 9 heteroatoms. The molecule has 1 aliphatic heterocycles. The van der Waals surface area contributed by atoms with Gasteiger partial charge in [-0.1, -0.05) is 0 Å². The van der Waals surface area contributed by atoms with Gasteiger partial charge in [-0.05, 0) is 19.1 Å². The number of fused-ring (bicyclic) bond motifs is 1. The molecule has 0 radical (unpaired) electrons. The highest BCUT2D eigenvalue weighted by Gasteiger charge is 2.28. The van der Waals surface area contributed by atoms with Gasteiger partial charge in [0.1, 0.15) is 17.7 Å². The molecule has 1 aliphatic rings. The minimum absolute atomic E-state index is 0.0137. The second kappa shape index (κ2) is 7.90. The first-order valence-corrected chi connectivity index (χ1v) is 8.43. The number of hydrogen-bond donors (Lipinski definition) is 2. The van der Waals surface area contributed by atoms with E-state index in [0.717, 1.165) is 0 Å². The van der Waals surface area contributed by atoms with Crippen LogP contribution in [0.1, 0.15) is 39.1 Å². The molecule has 0 saturated carbocycles. The molecule has 0 atom stereocenters. The Morgan fingerprint density at radius 3 is 2.93 bits per heavy atom. The minimum atomic E-state index is -0.513. The number of aromatic nitrogens is 1. The van der Waals surface area contributed by atoms with Crippen LogP contribution in [0.3, 0.4) is 0 Å². The van der Waals surface area contributed by atoms with Gasteiger partial charge in [0.2, 0.25) is 5.88 Å². The van der Waals surface area contributed by atoms with Crippen LogP contribution in [0.15, 0.2) is 22.8 Å². The number of methoxy groups -OCH3 is 1. The first-order chi connectivity index (χ1) is 13.0. The predicted octanol–water partition coefficient (Wildman–Crippen LogP) is 1.33. The number of hydrogen-bond acceptors (Lipinski definition) is 7. The zero-order valence-electron chi connectivity index (χ0n) is 15.0. The van der Waals surface area contributed by atoms with Crippen molar-refractivity contribution in [2.24, 2.45) is 0 Å². The standard InChI is InChI=1S/C18H19N3O6/c1-3-26-18-12(5-4-10(20-18)8-14(22)25-2)21-16(23)11-9-27-13-6-7-19-17(24)15(11)13/h4-5,9H,3,6-8H2,1-2H3,(H,19,24)(H,21,23). The fourth-order valence-corrected chi connectivity index (χ4v) is 2.70. The summed E-state index contributed by atoms with van der Waals surface area (Å²) in [5.41, 5.74) is 1.15. The van der Waals surface area contributed by atoms with Crippen molar-refractivity contribution in [1.82, 2.24) is 10.3 Å². The molecule has 3 rings (SSSR count). The first-order valence-electron chi connectivity index (χ1n) is 8.43. The van der Waals surface area contributed by atoms with E-state index in [-0.39, 0.29) is 29.3 Å². The van der Waals surface area contributed by atoms with E-state index in [1.807, 2.05) is 0 Å². The van der Waals surface area contributed by atoms with Gasteiger partial charge >= 0.3 is 5.97 Å².